The SMILES string of the molecule is CC(N)Cc1ccc(Sc2ncnc3nc[nH]c23)cc1Cl. The summed E-state index contributed by atoms with van der Waals surface area (Å²) in [7, 11) is 0. The Morgan fingerprint density at radius 2 is 2.19 bits per heavy atom. The van der Waals surface area contributed by atoms with Crippen molar-refractivity contribution in [3.63, 3.8) is 0 Å². The summed E-state index contributed by atoms with van der Waals surface area (Å²) in [5.41, 5.74) is 8.37. The molecular weight excluding hydrogens is 306 g/mol. The lowest BCUT2D eigenvalue weighted by Gasteiger charge is -2.09. The molecule has 0 saturated carbocycles. The summed E-state index contributed by atoms with van der Waals surface area (Å²) < 4.78 is 0. The van der Waals surface area contributed by atoms with Crippen LogP contribution in [0.5, 0.6) is 0 Å². The molecule has 1 atom stereocenters. The Kier molecular flexibility index (Phi) is 4.10. The van der Waals surface area contributed by atoms with E-state index in [-0.39, 0.29) is 6.04 Å². The predicted molar refractivity (Wildman–Crippen MR) is 84.6 cm³/mol. The van der Waals surface area contributed by atoms with Gasteiger partial charge in [0.2, 0.25) is 0 Å². The second-order valence-corrected chi connectivity index (χ2v) is 6.29. The van der Waals surface area contributed by atoms with E-state index >= 15 is 0 Å². The van der Waals surface area contributed by atoms with Crippen LogP contribution in [0.15, 0.2) is 40.8 Å². The van der Waals surface area contributed by atoms with Crippen LogP contribution in [0.25, 0.3) is 11.2 Å². The standard InChI is InChI=1S/C14H14ClN5S/c1-8(16)4-9-2-3-10(5-11(9)15)21-14-12-13(18-6-17-12)19-7-20-14/h2-3,5-8H,4,16H2,1H3,(H,17,18,19,20). The van der Waals surface area contributed by atoms with Crippen molar-refractivity contribution in [2.75, 3.05) is 0 Å². The molecule has 5 nitrogen and oxygen atoms in total. The van der Waals surface area contributed by atoms with E-state index < -0.39 is 0 Å². The molecule has 0 radical (unpaired) electrons. The van der Waals surface area contributed by atoms with E-state index in [1.54, 1.807) is 6.33 Å². The van der Waals surface area contributed by atoms with Crippen molar-refractivity contribution < 1.29 is 0 Å². The molecule has 2 heterocycles. The smallest absolute Gasteiger partial charge is 0.181 e. The summed E-state index contributed by atoms with van der Waals surface area (Å²) in [6.45, 7) is 1.97. The van der Waals surface area contributed by atoms with E-state index in [1.807, 2.05) is 25.1 Å². The maximum Gasteiger partial charge on any atom is 0.181 e. The average molecular weight is 320 g/mol. The summed E-state index contributed by atoms with van der Waals surface area (Å²) in [5, 5.41) is 1.56. The van der Waals surface area contributed by atoms with Crippen molar-refractivity contribution in [2.24, 2.45) is 5.73 Å². The topological polar surface area (TPSA) is 80.5 Å². The molecule has 0 aliphatic carbocycles. The van der Waals surface area contributed by atoms with Gasteiger partial charge in [0.1, 0.15) is 16.9 Å². The number of fused-ring (bicyclic) bond motifs is 1. The van der Waals surface area contributed by atoms with Gasteiger partial charge in [-0.3, -0.25) is 0 Å². The normalized spacial score (nSPS) is 12.7. The van der Waals surface area contributed by atoms with Crippen LogP contribution in [-0.4, -0.2) is 26.0 Å². The van der Waals surface area contributed by atoms with Crippen molar-refractivity contribution in [3.05, 3.63) is 41.4 Å². The fraction of sp³-hybridized carbons (Fsp3) is 0.214. The van der Waals surface area contributed by atoms with Gasteiger partial charge in [0.25, 0.3) is 0 Å². The lowest BCUT2D eigenvalue weighted by Crippen LogP contribution is -2.17. The molecule has 2 aromatic heterocycles. The summed E-state index contributed by atoms with van der Waals surface area (Å²) in [6.07, 6.45) is 3.89. The Labute approximate surface area is 131 Å². The first kappa shape index (κ1) is 14.3. The van der Waals surface area contributed by atoms with E-state index in [2.05, 4.69) is 19.9 Å². The quantitative estimate of drug-likeness (QED) is 0.722. The minimum atomic E-state index is 0.0903. The Balaban J connectivity index is 1.88. The number of nitrogens with one attached hydrogen (secondary N) is 1. The maximum atomic E-state index is 6.32. The van der Waals surface area contributed by atoms with Gasteiger partial charge in [-0.2, -0.15) is 0 Å². The molecule has 0 aliphatic heterocycles. The minimum Gasteiger partial charge on any atom is -0.341 e. The Morgan fingerprint density at radius 3 is 2.95 bits per heavy atom. The number of rotatable bonds is 4. The molecule has 0 amide bonds. The number of hydrogen-bond acceptors (Lipinski definition) is 5. The third-order valence-electron chi connectivity index (χ3n) is 2.97. The van der Waals surface area contributed by atoms with Gasteiger partial charge in [-0.25, -0.2) is 15.0 Å². The van der Waals surface area contributed by atoms with Gasteiger partial charge in [-0.15, -0.1) is 0 Å². The van der Waals surface area contributed by atoms with Gasteiger partial charge in [0.15, 0.2) is 5.65 Å². The highest BCUT2D eigenvalue weighted by atomic mass is 35.5. The van der Waals surface area contributed by atoms with Gasteiger partial charge in [0, 0.05) is 16.0 Å². The molecular formula is C14H14ClN5S. The molecule has 0 saturated heterocycles. The van der Waals surface area contributed by atoms with Crippen LogP contribution >= 0.6 is 23.4 Å². The van der Waals surface area contributed by atoms with Crippen LogP contribution in [0.4, 0.5) is 0 Å². The summed E-state index contributed by atoms with van der Waals surface area (Å²) in [5.74, 6) is 0. The molecule has 108 valence electrons. The zero-order chi connectivity index (χ0) is 14.8. The van der Waals surface area contributed by atoms with Crippen LogP contribution < -0.4 is 5.73 Å². The third kappa shape index (κ3) is 3.18. The van der Waals surface area contributed by atoms with Gasteiger partial charge < -0.3 is 10.7 Å². The highest BCUT2D eigenvalue weighted by molar-refractivity contribution is 7.99. The van der Waals surface area contributed by atoms with Crippen LogP contribution in [0, 0.1) is 0 Å². The lowest BCUT2D eigenvalue weighted by molar-refractivity contribution is 0.738. The van der Waals surface area contributed by atoms with Crippen LogP contribution in [0.1, 0.15) is 12.5 Å². The number of aromatic amines is 1. The zero-order valence-corrected chi connectivity index (χ0v) is 12.9. The second-order valence-electron chi connectivity index (χ2n) is 4.82. The largest absolute Gasteiger partial charge is 0.341 e. The van der Waals surface area contributed by atoms with Crippen molar-refractivity contribution in [2.45, 2.75) is 29.3 Å². The Hall–Kier alpha value is -1.63. The first-order chi connectivity index (χ1) is 10.1. The lowest BCUT2D eigenvalue weighted by atomic mass is 10.1. The van der Waals surface area contributed by atoms with Crippen LogP contribution in [-0.2, 0) is 6.42 Å². The first-order valence-corrected chi connectivity index (χ1v) is 7.69. The molecule has 0 spiro atoms. The summed E-state index contributed by atoms with van der Waals surface area (Å²) in [4.78, 5) is 16.6. The van der Waals surface area contributed by atoms with Crippen molar-refractivity contribution in [1.29, 1.82) is 0 Å². The third-order valence-corrected chi connectivity index (χ3v) is 4.31. The molecule has 21 heavy (non-hydrogen) atoms. The van der Waals surface area contributed by atoms with E-state index in [4.69, 9.17) is 17.3 Å². The fourth-order valence-electron chi connectivity index (χ4n) is 2.04. The monoisotopic (exact) mass is 319 g/mol. The van der Waals surface area contributed by atoms with Gasteiger partial charge in [-0.05, 0) is 31.0 Å². The molecule has 3 aromatic rings. The number of nitrogens with two attached hydrogens (primary N) is 1. The van der Waals surface area contributed by atoms with Crippen LogP contribution in [0.3, 0.4) is 0 Å². The predicted octanol–water partition coefficient (Wildman–Crippen LogP) is 3.05. The second kappa shape index (κ2) is 6.01. The van der Waals surface area contributed by atoms with E-state index in [1.165, 1.54) is 18.1 Å². The molecule has 1 aromatic carbocycles. The number of benzene rings is 1. The van der Waals surface area contributed by atoms with Gasteiger partial charge in [0.05, 0.1) is 6.33 Å². The number of aromatic nitrogens is 4. The fourth-order valence-corrected chi connectivity index (χ4v) is 3.25. The highest BCUT2D eigenvalue weighted by Gasteiger charge is 2.10. The number of halogens is 1. The van der Waals surface area contributed by atoms with Gasteiger partial charge >= 0.3 is 0 Å². The van der Waals surface area contributed by atoms with E-state index in [0.29, 0.717) is 5.65 Å². The average Bonchev–Trinajstić information content (AvgIpc) is 2.91. The highest BCUT2D eigenvalue weighted by Crippen LogP contribution is 2.32. The molecule has 1 unspecified atom stereocenters. The molecule has 7 heteroatoms. The minimum absolute atomic E-state index is 0.0903. The Morgan fingerprint density at radius 1 is 1.33 bits per heavy atom. The molecule has 0 bridgehead atoms. The number of H-pyrrole nitrogens is 1. The first-order valence-electron chi connectivity index (χ1n) is 6.49. The molecule has 0 aliphatic rings. The summed E-state index contributed by atoms with van der Waals surface area (Å²) in [6, 6.07) is 6.07. The number of nitrogens with zero attached hydrogens (tertiary/aromatic N) is 3. The van der Waals surface area contributed by atoms with E-state index in [0.717, 1.165) is 32.4 Å². The van der Waals surface area contributed by atoms with Gasteiger partial charge in [-0.1, -0.05) is 29.4 Å². The Bertz CT molecular complexity index is 771. The summed E-state index contributed by atoms with van der Waals surface area (Å²) >= 11 is 7.84. The van der Waals surface area contributed by atoms with Crippen molar-refractivity contribution >= 4 is 34.5 Å². The molecule has 3 rings (SSSR count). The number of imidazole rings is 1. The molecule has 0 fully saturated rings. The van der Waals surface area contributed by atoms with Crippen LogP contribution in [0.2, 0.25) is 5.02 Å². The van der Waals surface area contributed by atoms with E-state index in [9.17, 15) is 0 Å². The molecule has 3 N–H and O–H groups in total. The van der Waals surface area contributed by atoms with Crippen molar-refractivity contribution in [3.8, 4) is 0 Å². The van der Waals surface area contributed by atoms with Crippen molar-refractivity contribution in [1.82, 2.24) is 19.9 Å². The zero-order valence-electron chi connectivity index (χ0n) is 11.4. The maximum absolute atomic E-state index is 6.32. The number of hydrogen-bond donors (Lipinski definition) is 2.